The molecule has 2 rings (SSSR count). The molecule has 0 radical (unpaired) electrons. The lowest BCUT2D eigenvalue weighted by Crippen LogP contribution is -1.94. The highest BCUT2D eigenvalue weighted by Gasteiger charge is 2.08. The minimum atomic E-state index is 0.328. The Morgan fingerprint density at radius 2 is 2.29 bits per heavy atom. The molecule has 5 heteroatoms. The van der Waals surface area contributed by atoms with Gasteiger partial charge in [-0.15, -0.1) is 0 Å². The first-order chi connectivity index (χ1) is 6.72. The van der Waals surface area contributed by atoms with Crippen molar-refractivity contribution in [2.24, 2.45) is 0 Å². The molecule has 0 fully saturated rings. The Bertz CT molecular complexity index is 493. The van der Waals surface area contributed by atoms with Gasteiger partial charge in [0.05, 0.1) is 11.9 Å². The second-order valence-corrected chi connectivity index (χ2v) is 4.46. The van der Waals surface area contributed by atoms with Crippen LogP contribution in [-0.4, -0.2) is 15.7 Å². The van der Waals surface area contributed by atoms with E-state index in [1.54, 1.807) is 0 Å². The first kappa shape index (κ1) is 9.86. The number of pyridine rings is 1. The smallest absolute Gasteiger partial charge is 0.132 e. The van der Waals surface area contributed by atoms with Crippen LogP contribution in [0.3, 0.4) is 0 Å². The van der Waals surface area contributed by atoms with Gasteiger partial charge in [-0.05, 0) is 28.1 Å². The van der Waals surface area contributed by atoms with E-state index in [0.29, 0.717) is 6.42 Å². The molecule has 0 aliphatic rings. The summed E-state index contributed by atoms with van der Waals surface area (Å²) in [6.45, 7) is 0. The molecule has 0 aliphatic heterocycles. The van der Waals surface area contributed by atoms with Gasteiger partial charge in [-0.3, -0.25) is 0 Å². The summed E-state index contributed by atoms with van der Waals surface area (Å²) in [6, 6.07) is 3.86. The highest BCUT2D eigenvalue weighted by molar-refractivity contribution is 9.11. The van der Waals surface area contributed by atoms with Crippen molar-refractivity contribution in [3.63, 3.8) is 0 Å². The highest BCUT2D eigenvalue weighted by Crippen LogP contribution is 2.22. The van der Waals surface area contributed by atoms with E-state index in [2.05, 4.69) is 36.8 Å². The normalized spacial score (nSPS) is 10.7. The van der Waals surface area contributed by atoms with Crippen molar-refractivity contribution in [1.29, 1.82) is 0 Å². The lowest BCUT2D eigenvalue weighted by Gasteiger charge is -1.97. The molecule has 0 amide bonds. The van der Waals surface area contributed by atoms with Gasteiger partial charge in [-0.1, -0.05) is 15.9 Å². The minimum absolute atomic E-state index is 0.328. The lowest BCUT2D eigenvalue weighted by atomic mass is 10.4. The molecule has 2 aromatic heterocycles. The fraction of sp³-hybridized carbons (Fsp3) is 0.111. The van der Waals surface area contributed by atoms with Gasteiger partial charge in [-0.25, -0.2) is 4.98 Å². The third-order valence-corrected chi connectivity index (χ3v) is 2.98. The fourth-order valence-corrected chi connectivity index (χ4v) is 2.15. The number of carbonyl (C=O) groups is 1. The van der Waals surface area contributed by atoms with Gasteiger partial charge >= 0.3 is 0 Å². The van der Waals surface area contributed by atoms with Crippen LogP contribution in [0.4, 0.5) is 0 Å². The highest BCUT2D eigenvalue weighted by atomic mass is 79.9. The van der Waals surface area contributed by atoms with Gasteiger partial charge in [0.1, 0.15) is 16.7 Å². The van der Waals surface area contributed by atoms with Crippen LogP contribution in [-0.2, 0) is 11.2 Å². The number of aromatic nitrogens is 2. The SMILES string of the molecule is O=CCc1nc(Br)c2cc(Br)ccn12. The molecule has 0 atom stereocenters. The summed E-state index contributed by atoms with van der Waals surface area (Å²) in [6.07, 6.45) is 3.06. The third-order valence-electron chi connectivity index (χ3n) is 1.90. The van der Waals surface area contributed by atoms with Crippen molar-refractivity contribution in [2.75, 3.05) is 0 Å². The zero-order valence-corrected chi connectivity index (χ0v) is 10.2. The molecule has 0 aromatic carbocycles. The fourth-order valence-electron chi connectivity index (χ4n) is 1.30. The molecule has 3 nitrogen and oxygen atoms in total. The number of hydrogen-bond acceptors (Lipinski definition) is 2. The van der Waals surface area contributed by atoms with Crippen LogP contribution in [0, 0.1) is 0 Å². The summed E-state index contributed by atoms with van der Waals surface area (Å²) < 4.78 is 3.64. The van der Waals surface area contributed by atoms with Gasteiger partial charge in [0.25, 0.3) is 0 Å². The molecule has 0 unspecified atom stereocenters. The summed E-state index contributed by atoms with van der Waals surface area (Å²) in [5.74, 6) is 0.745. The summed E-state index contributed by atoms with van der Waals surface area (Å²) in [7, 11) is 0. The van der Waals surface area contributed by atoms with E-state index in [1.807, 2.05) is 22.7 Å². The monoisotopic (exact) mass is 316 g/mol. The molecular formula is C9H6Br2N2O. The van der Waals surface area contributed by atoms with E-state index < -0.39 is 0 Å². The molecule has 14 heavy (non-hydrogen) atoms. The number of imidazole rings is 1. The van der Waals surface area contributed by atoms with Crippen molar-refractivity contribution in [2.45, 2.75) is 6.42 Å². The second-order valence-electron chi connectivity index (χ2n) is 2.79. The van der Waals surface area contributed by atoms with E-state index >= 15 is 0 Å². The lowest BCUT2D eigenvalue weighted by molar-refractivity contribution is -0.107. The average Bonchev–Trinajstić information content (AvgIpc) is 2.44. The Morgan fingerprint density at radius 1 is 1.50 bits per heavy atom. The summed E-state index contributed by atoms with van der Waals surface area (Å²) in [5, 5.41) is 0. The first-order valence-electron chi connectivity index (χ1n) is 3.98. The van der Waals surface area contributed by atoms with Crippen LogP contribution < -0.4 is 0 Å². The van der Waals surface area contributed by atoms with Crippen molar-refractivity contribution >= 4 is 43.7 Å². The molecule has 0 N–H and O–H groups in total. The molecule has 0 saturated heterocycles. The largest absolute Gasteiger partial charge is 0.303 e. The van der Waals surface area contributed by atoms with E-state index in [0.717, 1.165) is 26.7 Å². The van der Waals surface area contributed by atoms with Crippen LogP contribution in [0.25, 0.3) is 5.52 Å². The minimum Gasteiger partial charge on any atom is -0.303 e. The Balaban J connectivity index is 2.70. The molecule has 2 aromatic rings. The number of fused-ring (bicyclic) bond motifs is 1. The van der Waals surface area contributed by atoms with Crippen LogP contribution in [0.1, 0.15) is 5.82 Å². The Labute approximate surface area is 97.4 Å². The zero-order chi connectivity index (χ0) is 10.1. The van der Waals surface area contributed by atoms with Crippen molar-refractivity contribution < 1.29 is 4.79 Å². The average molecular weight is 318 g/mol. The topological polar surface area (TPSA) is 34.4 Å². The van der Waals surface area contributed by atoms with Gasteiger partial charge in [0, 0.05) is 10.7 Å². The van der Waals surface area contributed by atoms with E-state index in [9.17, 15) is 4.79 Å². The third kappa shape index (κ3) is 1.62. The maximum absolute atomic E-state index is 10.4. The Hall–Kier alpha value is -0.680. The quantitative estimate of drug-likeness (QED) is 0.798. The molecule has 0 aliphatic carbocycles. The second kappa shape index (κ2) is 3.82. The summed E-state index contributed by atoms with van der Waals surface area (Å²) in [5.41, 5.74) is 0.955. The number of nitrogens with zero attached hydrogens (tertiary/aromatic N) is 2. The number of hydrogen-bond donors (Lipinski definition) is 0. The predicted octanol–water partition coefficient (Wildman–Crippen LogP) is 2.60. The van der Waals surface area contributed by atoms with Crippen molar-refractivity contribution in [3.05, 3.63) is 33.2 Å². The van der Waals surface area contributed by atoms with E-state index in [-0.39, 0.29) is 0 Å². The number of aldehydes is 1. The summed E-state index contributed by atoms with van der Waals surface area (Å²) >= 11 is 6.74. The maximum Gasteiger partial charge on any atom is 0.132 e. The van der Waals surface area contributed by atoms with E-state index in [1.165, 1.54) is 0 Å². The van der Waals surface area contributed by atoms with Crippen LogP contribution in [0.5, 0.6) is 0 Å². The molecule has 0 spiro atoms. The van der Waals surface area contributed by atoms with Crippen LogP contribution in [0.2, 0.25) is 0 Å². The van der Waals surface area contributed by atoms with Crippen LogP contribution in [0.15, 0.2) is 27.4 Å². The van der Waals surface area contributed by atoms with Gasteiger partial charge in [0.15, 0.2) is 0 Å². The maximum atomic E-state index is 10.4. The number of carbonyl (C=O) groups excluding carboxylic acids is 1. The number of halogens is 2. The molecule has 0 bridgehead atoms. The first-order valence-corrected chi connectivity index (χ1v) is 5.56. The Morgan fingerprint density at radius 3 is 3.00 bits per heavy atom. The molecule has 2 heterocycles. The van der Waals surface area contributed by atoms with Gasteiger partial charge < -0.3 is 9.20 Å². The van der Waals surface area contributed by atoms with Crippen molar-refractivity contribution in [1.82, 2.24) is 9.38 Å². The van der Waals surface area contributed by atoms with Crippen LogP contribution >= 0.6 is 31.9 Å². The molecule has 72 valence electrons. The van der Waals surface area contributed by atoms with Gasteiger partial charge in [-0.2, -0.15) is 0 Å². The molecule has 0 saturated carbocycles. The van der Waals surface area contributed by atoms with Crippen molar-refractivity contribution in [3.8, 4) is 0 Å². The number of rotatable bonds is 2. The summed E-state index contributed by atoms with van der Waals surface area (Å²) in [4.78, 5) is 14.7. The zero-order valence-electron chi connectivity index (χ0n) is 7.08. The standard InChI is InChI=1S/C9H6Br2N2O/c10-6-1-3-13-7(5-6)9(11)12-8(13)2-4-14/h1,3-5H,2H2. The van der Waals surface area contributed by atoms with Gasteiger partial charge in [0.2, 0.25) is 0 Å². The Kier molecular flexibility index (Phi) is 2.69. The molecular weight excluding hydrogens is 312 g/mol. The predicted molar refractivity (Wildman–Crippen MR) is 60.4 cm³/mol. The van der Waals surface area contributed by atoms with E-state index in [4.69, 9.17) is 0 Å².